The first-order valence-corrected chi connectivity index (χ1v) is 7.29. The Hall–Kier alpha value is -2.81. The Balaban J connectivity index is 2.03. The second-order valence-corrected chi connectivity index (χ2v) is 5.67. The molecule has 2 aromatic heterocycles. The number of fused-ring (bicyclic) bond motifs is 1. The lowest BCUT2D eigenvalue weighted by molar-refractivity contribution is -0.137. The average molecular weight is 371 g/mol. The molecule has 130 valence electrons. The van der Waals surface area contributed by atoms with Crippen molar-refractivity contribution >= 4 is 23.2 Å². The number of alkyl halides is 3. The summed E-state index contributed by atoms with van der Waals surface area (Å²) in [6.45, 7) is -0.188. The number of amides is 1. The summed E-state index contributed by atoms with van der Waals surface area (Å²) in [5, 5.41) is 3.60. The van der Waals surface area contributed by atoms with E-state index in [4.69, 9.17) is 17.3 Å². The number of hydrogen-bond donors (Lipinski definition) is 1. The first kappa shape index (κ1) is 17.0. The van der Waals surface area contributed by atoms with Crippen LogP contribution >= 0.6 is 11.6 Å². The highest BCUT2D eigenvalue weighted by molar-refractivity contribution is 6.31. The van der Waals surface area contributed by atoms with E-state index in [2.05, 4.69) is 5.10 Å². The fourth-order valence-electron chi connectivity index (χ4n) is 2.33. The topological polar surface area (TPSA) is 82.4 Å². The van der Waals surface area contributed by atoms with Crippen LogP contribution in [0, 0.1) is 0 Å². The SMILES string of the molecule is NC(=O)c1ccc2nn(Cc3ccc(Cl)c(C(F)(F)F)c3)c(=O)n2c1. The molecule has 6 nitrogen and oxygen atoms in total. The molecule has 0 aliphatic rings. The van der Waals surface area contributed by atoms with Gasteiger partial charge in [0, 0.05) is 6.20 Å². The molecule has 0 fully saturated rings. The summed E-state index contributed by atoms with van der Waals surface area (Å²) in [4.78, 5) is 23.5. The summed E-state index contributed by atoms with van der Waals surface area (Å²) >= 11 is 5.57. The highest BCUT2D eigenvalue weighted by Gasteiger charge is 2.33. The van der Waals surface area contributed by atoms with Crippen molar-refractivity contribution in [1.82, 2.24) is 14.2 Å². The smallest absolute Gasteiger partial charge is 0.366 e. The first-order chi connectivity index (χ1) is 11.7. The van der Waals surface area contributed by atoms with Gasteiger partial charge in [-0.2, -0.15) is 13.2 Å². The van der Waals surface area contributed by atoms with E-state index in [0.717, 1.165) is 21.2 Å². The van der Waals surface area contributed by atoms with Gasteiger partial charge in [-0.05, 0) is 29.8 Å². The van der Waals surface area contributed by atoms with E-state index in [0.29, 0.717) is 0 Å². The fraction of sp³-hybridized carbons (Fsp3) is 0.133. The standard InChI is InChI=1S/C15H10ClF3N4O2/c16-11-3-1-8(5-10(11)15(17,18)19)6-23-14(25)22-7-9(13(20)24)2-4-12(22)21-23/h1-5,7H,6H2,(H2,20,24). The van der Waals surface area contributed by atoms with Crippen molar-refractivity contribution in [2.24, 2.45) is 5.73 Å². The van der Waals surface area contributed by atoms with E-state index in [1.807, 2.05) is 0 Å². The number of hydrogen-bond acceptors (Lipinski definition) is 3. The van der Waals surface area contributed by atoms with Crippen molar-refractivity contribution < 1.29 is 18.0 Å². The summed E-state index contributed by atoms with van der Waals surface area (Å²) in [5.74, 6) is -0.714. The zero-order valence-corrected chi connectivity index (χ0v) is 13.2. The van der Waals surface area contributed by atoms with E-state index in [9.17, 15) is 22.8 Å². The molecule has 1 aromatic carbocycles. The van der Waals surface area contributed by atoms with Crippen LogP contribution in [0.25, 0.3) is 5.65 Å². The Labute approximate surface area is 143 Å². The van der Waals surface area contributed by atoms with Gasteiger partial charge < -0.3 is 5.73 Å². The third-order valence-electron chi connectivity index (χ3n) is 3.53. The van der Waals surface area contributed by atoms with Gasteiger partial charge in [0.2, 0.25) is 5.91 Å². The Kier molecular flexibility index (Phi) is 4.03. The van der Waals surface area contributed by atoms with E-state index in [1.54, 1.807) is 0 Å². The molecule has 0 bridgehead atoms. The number of carbonyl (C=O) groups is 1. The summed E-state index contributed by atoms with van der Waals surface area (Å²) in [7, 11) is 0. The number of pyridine rings is 1. The Morgan fingerprint density at radius 1 is 1.24 bits per heavy atom. The maximum Gasteiger partial charge on any atom is 0.417 e. The lowest BCUT2D eigenvalue weighted by atomic mass is 10.1. The van der Waals surface area contributed by atoms with Gasteiger partial charge in [0.1, 0.15) is 0 Å². The number of carbonyl (C=O) groups excluding carboxylic acids is 1. The van der Waals surface area contributed by atoms with Crippen molar-refractivity contribution in [2.45, 2.75) is 12.7 Å². The molecule has 1 amide bonds. The van der Waals surface area contributed by atoms with Crippen LogP contribution in [0.3, 0.4) is 0 Å². The maximum absolute atomic E-state index is 12.9. The van der Waals surface area contributed by atoms with Crippen LogP contribution in [0.4, 0.5) is 13.2 Å². The van der Waals surface area contributed by atoms with Crippen LogP contribution in [-0.4, -0.2) is 20.1 Å². The van der Waals surface area contributed by atoms with E-state index < -0.39 is 28.4 Å². The highest BCUT2D eigenvalue weighted by Crippen LogP contribution is 2.35. The van der Waals surface area contributed by atoms with Crippen LogP contribution in [0.2, 0.25) is 5.02 Å². The van der Waals surface area contributed by atoms with Gasteiger partial charge in [0.25, 0.3) is 0 Å². The molecular weight excluding hydrogens is 361 g/mol. The molecule has 3 rings (SSSR count). The van der Waals surface area contributed by atoms with Gasteiger partial charge in [0.15, 0.2) is 5.65 Å². The van der Waals surface area contributed by atoms with E-state index >= 15 is 0 Å². The van der Waals surface area contributed by atoms with Gasteiger partial charge in [-0.1, -0.05) is 17.7 Å². The lowest BCUT2D eigenvalue weighted by Gasteiger charge is -2.10. The summed E-state index contributed by atoms with van der Waals surface area (Å²) in [6.07, 6.45) is -3.38. The average Bonchev–Trinajstić information content (AvgIpc) is 2.84. The van der Waals surface area contributed by atoms with Crippen molar-refractivity contribution in [3.63, 3.8) is 0 Å². The van der Waals surface area contributed by atoms with Crippen LogP contribution < -0.4 is 11.4 Å². The third-order valence-corrected chi connectivity index (χ3v) is 3.86. The number of nitrogens with two attached hydrogens (primary N) is 1. The largest absolute Gasteiger partial charge is 0.417 e. The minimum Gasteiger partial charge on any atom is -0.366 e. The van der Waals surface area contributed by atoms with Crippen molar-refractivity contribution in [3.05, 3.63) is 68.7 Å². The Bertz CT molecular complexity index is 1040. The molecule has 3 aromatic rings. The normalized spacial score (nSPS) is 11.8. The van der Waals surface area contributed by atoms with E-state index in [1.165, 1.54) is 24.4 Å². The number of aromatic nitrogens is 3. The maximum atomic E-state index is 12.9. The number of rotatable bonds is 3. The molecule has 10 heteroatoms. The van der Waals surface area contributed by atoms with Crippen molar-refractivity contribution in [2.75, 3.05) is 0 Å². The quantitative estimate of drug-likeness (QED) is 0.768. The van der Waals surface area contributed by atoms with Crippen LogP contribution in [-0.2, 0) is 12.7 Å². The van der Waals surface area contributed by atoms with Gasteiger partial charge >= 0.3 is 11.9 Å². The number of nitrogens with zero attached hydrogens (tertiary/aromatic N) is 3. The lowest BCUT2D eigenvalue weighted by Crippen LogP contribution is -2.22. The minimum atomic E-state index is -4.60. The Morgan fingerprint density at radius 2 is 1.96 bits per heavy atom. The molecule has 2 heterocycles. The van der Waals surface area contributed by atoms with Crippen LogP contribution in [0.5, 0.6) is 0 Å². The second kappa shape index (κ2) is 5.92. The zero-order chi connectivity index (χ0) is 18.4. The van der Waals surface area contributed by atoms with Crippen LogP contribution in [0.15, 0.2) is 41.3 Å². The van der Waals surface area contributed by atoms with Gasteiger partial charge in [-0.3, -0.25) is 4.79 Å². The molecule has 0 saturated heterocycles. The number of halogens is 4. The van der Waals surface area contributed by atoms with Gasteiger partial charge in [-0.15, -0.1) is 5.10 Å². The minimum absolute atomic E-state index is 0.111. The molecule has 0 saturated carbocycles. The molecule has 2 N–H and O–H groups in total. The molecule has 0 atom stereocenters. The summed E-state index contributed by atoms with van der Waals surface area (Å²) < 4.78 is 40.8. The van der Waals surface area contributed by atoms with Gasteiger partial charge in [0.05, 0.1) is 22.7 Å². The predicted molar refractivity (Wildman–Crippen MR) is 83.5 cm³/mol. The third kappa shape index (κ3) is 3.22. The summed E-state index contributed by atoms with van der Waals surface area (Å²) in [6, 6.07) is 6.18. The number of benzene rings is 1. The van der Waals surface area contributed by atoms with E-state index in [-0.39, 0.29) is 23.3 Å². The molecular formula is C15H10ClF3N4O2. The first-order valence-electron chi connectivity index (χ1n) is 6.91. The predicted octanol–water partition coefficient (Wildman–Crippen LogP) is 2.32. The molecule has 0 aliphatic carbocycles. The molecule has 0 unspecified atom stereocenters. The zero-order valence-electron chi connectivity index (χ0n) is 12.4. The molecule has 0 spiro atoms. The van der Waals surface area contributed by atoms with Crippen molar-refractivity contribution in [1.29, 1.82) is 0 Å². The molecule has 25 heavy (non-hydrogen) atoms. The van der Waals surface area contributed by atoms with Crippen molar-refractivity contribution in [3.8, 4) is 0 Å². The number of primary amides is 1. The van der Waals surface area contributed by atoms with Crippen LogP contribution in [0.1, 0.15) is 21.5 Å². The fourth-order valence-corrected chi connectivity index (χ4v) is 2.55. The highest BCUT2D eigenvalue weighted by atomic mass is 35.5. The second-order valence-electron chi connectivity index (χ2n) is 5.26. The molecule has 0 aliphatic heterocycles. The Morgan fingerprint density at radius 3 is 2.60 bits per heavy atom. The summed E-state index contributed by atoms with van der Waals surface area (Å²) in [5.41, 5.74) is 4.11. The molecule has 0 radical (unpaired) electrons. The monoisotopic (exact) mass is 370 g/mol. The van der Waals surface area contributed by atoms with Gasteiger partial charge in [-0.25, -0.2) is 13.9 Å².